The summed E-state index contributed by atoms with van der Waals surface area (Å²) < 4.78 is 38.1. The summed E-state index contributed by atoms with van der Waals surface area (Å²) in [6.45, 7) is 0. The molecule has 4 aromatic carbocycles. The van der Waals surface area contributed by atoms with Crippen LogP contribution in [0.2, 0.25) is 0 Å². The smallest absolute Gasteiger partial charge is 0.257 e. The van der Waals surface area contributed by atoms with Gasteiger partial charge in [-0.25, -0.2) is 18.4 Å². The number of oxazole rings is 2. The summed E-state index contributed by atoms with van der Waals surface area (Å²) in [7, 11) is -3.96. The van der Waals surface area contributed by atoms with Crippen molar-refractivity contribution in [2.45, 2.75) is 20.2 Å². The van der Waals surface area contributed by atoms with Crippen molar-refractivity contribution >= 4 is 78.7 Å². The second-order valence-corrected chi connectivity index (χ2v) is 12.9. The lowest BCUT2D eigenvalue weighted by Gasteiger charge is -2.10. The summed E-state index contributed by atoms with van der Waals surface area (Å²) in [5.74, 6) is -0.642. The summed E-state index contributed by atoms with van der Waals surface area (Å²) in [5, 5.41) is 6.17. The molecule has 6 aromatic rings. The van der Waals surface area contributed by atoms with Crippen LogP contribution < -0.4 is 10.6 Å². The molecule has 0 aliphatic carbocycles. The van der Waals surface area contributed by atoms with E-state index in [0.29, 0.717) is 44.0 Å². The molecule has 0 bridgehead atoms. The van der Waals surface area contributed by atoms with Crippen LogP contribution in [0.5, 0.6) is 0 Å². The van der Waals surface area contributed by atoms with Crippen LogP contribution in [0.15, 0.2) is 126 Å². The largest absolute Gasteiger partial charge is 0.431 e. The van der Waals surface area contributed by atoms with E-state index in [1.807, 2.05) is 36.4 Å². The number of carbonyl (C=O) groups is 2. The zero-order valence-corrected chi connectivity index (χ0v) is 24.7. The lowest BCUT2D eigenvalue weighted by Crippen LogP contribution is -2.15. The fourth-order valence-electron chi connectivity index (χ4n) is 4.09. The first-order chi connectivity index (χ1) is 20.8. The van der Waals surface area contributed by atoms with E-state index < -0.39 is 9.84 Å². The Morgan fingerprint density at radius 1 is 0.628 bits per heavy atom. The van der Waals surface area contributed by atoms with Crippen LogP contribution in [0.1, 0.15) is 0 Å². The van der Waals surface area contributed by atoms with E-state index in [-0.39, 0.29) is 33.1 Å². The average molecular weight is 631 g/mol. The minimum atomic E-state index is -3.96. The van der Waals surface area contributed by atoms with Gasteiger partial charge in [0, 0.05) is 11.4 Å². The third-order valence-corrected chi connectivity index (χ3v) is 9.46. The van der Waals surface area contributed by atoms with Crippen LogP contribution in [0, 0.1) is 0 Å². The van der Waals surface area contributed by atoms with Crippen LogP contribution in [0.3, 0.4) is 0 Å². The molecule has 2 aromatic heterocycles. The van der Waals surface area contributed by atoms with Gasteiger partial charge in [0.2, 0.25) is 21.7 Å². The van der Waals surface area contributed by atoms with Gasteiger partial charge < -0.3 is 19.5 Å². The number of carbonyl (C=O) groups excluding carboxylic acids is 2. The van der Waals surface area contributed by atoms with Gasteiger partial charge in [-0.3, -0.25) is 9.59 Å². The number of nitrogens with one attached hydrogen (secondary N) is 2. The van der Waals surface area contributed by atoms with E-state index in [2.05, 4.69) is 20.6 Å². The zero-order chi connectivity index (χ0) is 29.8. The number of nitrogens with zero attached hydrogens (tertiary/aromatic N) is 2. The second kappa shape index (κ2) is 12.3. The molecule has 0 radical (unpaired) electrons. The van der Waals surface area contributed by atoms with Crippen LogP contribution in [-0.2, 0) is 19.4 Å². The minimum absolute atomic E-state index is 0.00750. The van der Waals surface area contributed by atoms with Crippen molar-refractivity contribution in [3.05, 3.63) is 97.1 Å². The fourth-order valence-corrected chi connectivity index (χ4v) is 6.72. The maximum absolute atomic E-state index is 13.4. The van der Waals surface area contributed by atoms with E-state index in [4.69, 9.17) is 8.83 Å². The molecule has 2 heterocycles. The topological polar surface area (TPSA) is 144 Å². The summed E-state index contributed by atoms with van der Waals surface area (Å²) >= 11 is 2.27. The fraction of sp³-hybridized carbons (Fsp3) is 0.0667. The van der Waals surface area contributed by atoms with Gasteiger partial charge in [-0.15, -0.1) is 0 Å². The number of fused-ring (bicyclic) bond motifs is 2. The first-order valence-corrected chi connectivity index (χ1v) is 16.3. The van der Waals surface area contributed by atoms with Gasteiger partial charge in [0.1, 0.15) is 11.0 Å². The van der Waals surface area contributed by atoms with Crippen LogP contribution >= 0.6 is 23.5 Å². The van der Waals surface area contributed by atoms with Gasteiger partial charge in [-0.1, -0.05) is 59.9 Å². The number of aromatic nitrogens is 2. The Balaban J connectivity index is 1.07. The Hall–Kier alpha value is -4.59. The molecule has 0 unspecified atom stereocenters. The second-order valence-electron chi connectivity index (χ2n) is 9.13. The number of rotatable bonds is 10. The van der Waals surface area contributed by atoms with E-state index in [9.17, 15) is 18.0 Å². The van der Waals surface area contributed by atoms with Gasteiger partial charge in [-0.05, 0) is 60.7 Å². The standard InChI is InChI=1S/C30H22N4O6S3/c35-27(17-41-29-33-23-11-1-3-13-25(23)39-29)31-19-7-5-9-21(15-19)43(37,38)22-10-6-8-20(16-22)32-28(36)18-42-30-34-24-12-2-4-14-26(24)40-30/h1-16H,17-18H2,(H,31,35)(H,32,36). The molecule has 216 valence electrons. The lowest BCUT2D eigenvalue weighted by atomic mass is 10.3. The number of thioether (sulfide) groups is 2. The number of hydrogen-bond donors (Lipinski definition) is 2. The van der Waals surface area contributed by atoms with Crippen LogP contribution in [0.4, 0.5) is 11.4 Å². The Kier molecular flexibility index (Phi) is 8.18. The van der Waals surface area contributed by atoms with Crippen molar-refractivity contribution < 1.29 is 26.8 Å². The van der Waals surface area contributed by atoms with Crippen molar-refractivity contribution in [3.63, 3.8) is 0 Å². The van der Waals surface area contributed by atoms with Gasteiger partial charge in [0.15, 0.2) is 11.2 Å². The third kappa shape index (κ3) is 6.74. The summed E-state index contributed by atoms with van der Waals surface area (Å²) in [6, 6.07) is 26.6. The maximum Gasteiger partial charge on any atom is 0.257 e. The molecule has 43 heavy (non-hydrogen) atoms. The summed E-state index contributed by atoms with van der Waals surface area (Å²) in [4.78, 5) is 33.8. The zero-order valence-electron chi connectivity index (χ0n) is 22.2. The van der Waals surface area contributed by atoms with Crippen molar-refractivity contribution in [3.8, 4) is 0 Å². The highest BCUT2D eigenvalue weighted by molar-refractivity contribution is 8.00. The van der Waals surface area contributed by atoms with Gasteiger partial charge in [0.25, 0.3) is 10.4 Å². The Morgan fingerprint density at radius 2 is 1.07 bits per heavy atom. The number of sulfone groups is 1. The van der Waals surface area contributed by atoms with E-state index in [0.717, 1.165) is 23.5 Å². The molecule has 0 saturated heterocycles. The monoisotopic (exact) mass is 630 g/mol. The lowest BCUT2D eigenvalue weighted by molar-refractivity contribution is -0.114. The van der Waals surface area contributed by atoms with Crippen molar-refractivity contribution in [1.29, 1.82) is 0 Å². The number of hydrogen-bond acceptors (Lipinski definition) is 10. The molecule has 10 nitrogen and oxygen atoms in total. The Morgan fingerprint density at radius 3 is 1.51 bits per heavy atom. The molecule has 0 atom stereocenters. The molecule has 2 N–H and O–H groups in total. The van der Waals surface area contributed by atoms with Crippen LogP contribution in [0.25, 0.3) is 22.2 Å². The predicted octanol–water partition coefficient (Wildman–Crippen LogP) is 6.26. The van der Waals surface area contributed by atoms with Gasteiger partial charge >= 0.3 is 0 Å². The molecule has 0 spiro atoms. The Bertz CT molecular complexity index is 1870. The van der Waals surface area contributed by atoms with Crippen molar-refractivity contribution in [1.82, 2.24) is 9.97 Å². The molecule has 2 amide bonds. The highest BCUT2D eigenvalue weighted by Crippen LogP contribution is 2.27. The number of anilines is 2. The summed E-state index contributed by atoms with van der Waals surface area (Å²) in [5.41, 5.74) is 3.31. The third-order valence-electron chi connectivity index (χ3n) is 6.06. The summed E-state index contributed by atoms with van der Waals surface area (Å²) in [6.07, 6.45) is 0. The highest BCUT2D eigenvalue weighted by Gasteiger charge is 2.20. The molecule has 0 saturated carbocycles. The van der Waals surface area contributed by atoms with Gasteiger partial charge in [0.05, 0.1) is 21.3 Å². The molecular formula is C30H22N4O6S3. The molecular weight excluding hydrogens is 609 g/mol. The number of benzene rings is 4. The average Bonchev–Trinajstić information content (AvgIpc) is 3.63. The molecule has 0 fully saturated rings. The first kappa shape index (κ1) is 28.5. The molecule has 6 rings (SSSR count). The minimum Gasteiger partial charge on any atom is -0.431 e. The van der Waals surface area contributed by atoms with Gasteiger partial charge in [-0.2, -0.15) is 0 Å². The SMILES string of the molecule is O=C(CSc1nc2ccccc2o1)Nc1cccc(S(=O)(=O)c2cccc(NC(=O)CSc3nc4ccccc4o3)c2)c1. The van der Waals surface area contributed by atoms with Crippen molar-refractivity contribution in [2.75, 3.05) is 22.1 Å². The first-order valence-electron chi connectivity index (χ1n) is 12.9. The maximum atomic E-state index is 13.4. The van der Waals surface area contributed by atoms with E-state index in [1.165, 1.54) is 24.3 Å². The van der Waals surface area contributed by atoms with Crippen molar-refractivity contribution in [2.24, 2.45) is 0 Å². The van der Waals surface area contributed by atoms with Crippen LogP contribution in [-0.4, -0.2) is 41.7 Å². The highest BCUT2D eigenvalue weighted by atomic mass is 32.2. The number of amides is 2. The van der Waals surface area contributed by atoms with E-state index >= 15 is 0 Å². The normalized spacial score (nSPS) is 11.5. The molecule has 0 aliphatic heterocycles. The molecule has 0 aliphatic rings. The van der Waals surface area contributed by atoms with E-state index in [1.54, 1.807) is 36.4 Å². The quantitative estimate of drug-likeness (QED) is 0.166. The molecule has 13 heteroatoms. The Labute approximate surface area is 254 Å². The number of para-hydroxylation sites is 4. The predicted molar refractivity (Wildman–Crippen MR) is 165 cm³/mol.